The van der Waals surface area contributed by atoms with E-state index in [0.29, 0.717) is 18.8 Å². The van der Waals surface area contributed by atoms with Gasteiger partial charge in [-0.3, -0.25) is 4.90 Å². The summed E-state index contributed by atoms with van der Waals surface area (Å²) >= 11 is 0. The summed E-state index contributed by atoms with van der Waals surface area (Å²) < 4.78 is 24.9. The Hall–Kier alpha value is -3.06. The summed E-state index contributed by atoms with van der Waals surface area (Å²) in [4.78, 5) is 7.11. The van der Waals surface area contributed by atoms with E-state index in [2.05, 4.69) is 11.0 Å². The van der Waals surface area contributed by atoms with Crippen LogP contribution in [0, 0.1) is 17.2 Å². The number of aromatic nitrogens is 3. The predicted octanol–water partition coefficient (Wildman–Crippen LogP) is 2.24. The van der Waals surface area contributed by atoms with E-state index in [-0.39, 0.29) is 10.8 Å². The molecule has 0 unspecified atom stereocenters. The number of nitrogens with zero attached hydrogens (tertiary/aromatic N) is 5. The van der Waals surface area contributed by atoms with Crippen LogP contribution in [0.3, 0.4) is 0 Å². The minimum absolute atomic E-state index is 0.0570. The van der Waals surface area contributed by atoms with Crippen LogP contribution < -0.4 is 5.14 Å². The first-order valence-electron chi connectivity index (χ1n) is 10.2. The standard InChI is InChI=1S/C22H24N6O2S/c23-15-18-10-12-27(13-11-18)16-21-25-22(14-17-4-2-1-3-5-17)28(26-21)19-6-8-20(9-7-19)31(24,29)30/h1-9,18H,10-14,16H2,(H2,24,29,30). The number of sulfonamides is 1. The van der Waals surface area contributed by atoms with Gasteiger partial charge in [0.15, 0.2) is 5.82 Å². The SMILES string of the molecule is N#CC1CCN(Cc2nc(Cc3ccccc3)n(-c3ccc(S(N)(=O)=O)cc3)n2)CC1. The zero-order valence-corrected chi connectivity index (χ0v) is 17.9. The lowest BCUT2D eigenvalue weighted by atomic mass is 9.99. The van der Waals surface area contributed by atoms with E-state index in [1.165, 1.54) is 12.1 Å². The molecular weight excluding hydrogens is 412 g/mol. The third-order valence-corrected chi connectivity index (χ3v) is 6.40. The Morgan fingerprint density at radius 3 is 2.35 bits per heavy atom. The third-order valence-electron chi connectivity index (χ3n) is 5.47. The summed E-state index contributed by atoms with van der Waals surface area (Å²) in [5.74, 6) is 1.61. The van der Waals surface area contributed by atoms with Crippen LogP contribution in [0.25, 0.3) is 5.69 Å². The van der Waals surface area contributed by atoms with Crippen molar-refractivity contribution in [3.05, 3.63) is 71.8 Å². The maximum atomic E-state index is 11.6. The predicted molar refractivity (Wildman–Crippen MR) is 116 cm³/mol. The van der Waals surface area contributed by atoms with Gasteiger partial charge in [-0.05, 0) is 55.8 Å². The Balaban J connectivity index is 1.62. The summed E-state index contributed by atoms with van der Waals surface area (Å²) in [6.45, 7) is 2.32. The molecule has 1 aliphatic heterocycles. The van der Waals surface area contributed by atoms with Gasteiger partial charge in [0.25, 0.3) is 0 Å². The lowest BCUT2D eigenvalue weighted by molar-refractivity contribution is 0.194. The fraction of sp³-hybridized carbons (Fsp3) is 0.318. The molecule has 0 spiro atoms. The summed E-state index contributed by atoms with van der Waals surface area (Å²) in [5, 5.41) is 19.0. The lowest BCUT2D eigenvalue weighted by Gasteiger charge is -2.27. The molecule has 8 nitrogen and oxygen atoms in total. The fourth-order valence-electron chi connectivity index (χ4n) is 3.76. The van der Waals surface area contributed by atoms with Gasteiger partial charge in [-0.15, -0.1) is 5.10 Å². The molecule has 31 heavy (non-hydrogen) atoms. The normalized spacial score (nSPS) is 15.6. The monoisotopic (exact) mass is 436 g/mol. The maximum Gasteiger partial charge on any atom is 0.238 e. The number of nitriles is 1. The molecule has 4 rings (SSSR count). The second-order valence-electron chi connectivity index (χ2n) is 7.74. The maximum absolute atomic E-state index is 11.6. The second kappa shape index (κ2) is 8.98. The van der Waals surface area contributed by atoms with Crippen molar-refractivity contribution in [2.75, 3.05) is 13.1 Å². The molecule has 2 aromatic carbocycles. The van der Waals surface area contributed by atoms with Crippen LogP contribution in [0.2, 0.25) is 0 Å². The molecule has 0 atom stereocenters. The van der Waals surface area contributed by atoms with E-state index in [9.17, 15) is 8.42 Å². The highest BCUT2D eigenvalue weighted by Crippen LogP contribution is 2.20. The summed E-state index contributed by atoms with van der Waals surface area (Å²) in [7, 11) is -3.76. The van der Waals surface area contributed by atoms with Gasteiger partial charge in [-0.25, -0.2) is 23.2 Å². The van der Waals surface area contributed by atoms with Crippen molar-refractivity contribution in [1.82, 2.24) is 19.7 Å². The zero-order chi connectivity index (χ0) is 21.8. The van der Waals surface area contributed by atoms with Gasteiger partial charge in [0.1, 0.15) is 5.82 Å². The van der Waals surface area contributed by atoms with E-state index in [1.807, 2.05) is 30.3 Å². The van der Waals surface area contributed by atoms with Crippen LogP contribution in [-0.2, 0) is 23.0 Å². The fourth-order valence-corrected chi connectivity index (χ4v) is 4.27. The highest BCUT2D eigenvalue weighted by molar-refractivity contribution is 7.89. The Kier molecular flexibility index (Phi) is 6.13. The quantitative estimate of drug-likeness (QED) is 0.633. The van der Waals surface area contributed by atoms with Gasteiger partial charge in [-0.2, -0.15) is 5.26 Å². The Morgan fingerprint density at radius 2 is 1.74 bits per heavy atom. The molecule has 0 aliphatic carbocycles. The van der Waals surface area contributed by atoms with Crippen LogP contribution in [0.1, 0.15) is 30.1 Å². The van der Waals surface area contributed by atoms with Crippen molar-refractivity contribution in [2.24, 2.45) is 11.1 Å². The number of likely N-dealkylation sites (tertiary alicyclic amines) is 1. The van der Waals surface area contributed by atoms with Crippen molar-refractivity contribution < 1.29 is 8.42 Å². The minimum atomic E-state index is -3.76. The number of hydrogen-bond donors (Lipinski definition) is 1. The summed E-state index contributed by atoms with van der Waals surface area (Å²) in [6.07, 6.45) is 2.33. The van der Waals surface area contributed by atoms with E-state index in [0.717, 1.165) is 43.0 Å². The second-order valence-corrected chi connectivity index (χ2v) is 9.30. The Bertz CT molecular complexity index is 1170. The average Bonchev–Trinajstić information content (AvgIpc) is 3.16. The summed E-state index contributed by atoms with van der Waals surface area (Å²) in [5.41, 5.74) is 1.83. The van der Waals surface area contributed by atoms with Gasteiger partial charge >= 0.3 is 0 Å². The van der Waals surface area contributed by atoms with Crippen molar-refractivity contribution in [3.63, 3.8) is 0 Å². The van der Waals surface area contributed by atoms with Gasteiger partial charge in [0, 0.05) is 12.3 Å². The first kappa shape index (κ1) is 21.2. The first-order chi connectivity index (χ1) is 14.9. The van der Waals surface area contributed by atoms with Gasteiger partial charge in [0.2, 0.25) is 10.0 Å². The molecule has 160 valence electrons. The molecule has 1 fully saturated rings. The van der Waals surface area contributed by atoms with Crippen LogP contribution in [0.4, 0.5) is 0 Å². The number of primary sulfonamides is 1. The van der Waals surface area contributed by atoms with Crippen LogP contribution in [0.15, 0.2) is 59.5 Å². The Labute approximate surface area is 182 Å². The molecule has 0 radical (unpaired) electrons. The highest BCUT2D eigenvalue weighted by Gasteiger charge is 2.21. The topological polar surface area (TPSA) is 118 Å². The molecule has 9 heteroatoms. The molecule has 0 amide bonds. The van der Waals surface area contributed by atoms with E-state index >= 15 is 0 Å². The van der Waals surface area contributed by atoms with Crippen molar-refractivity contribution >= 4 is 10.0 Å². The smallest absolute Gasteiger partial charge is 0.238 e. The van der Waals surface area contributed by atoms with Crippen LogP contribution in [0.5, 0.6) is 0 Å². The molecule has 0 bridgehead atoms. The number of hydrogen-bond acceptors (Lipinski definition) is 6. The molecule has 2 heterocycles. The van der Waals surface area contributed by atoms with Crippen LogP contribution in [-0.4, -0.2) is 41.2 Å². The minimum Gasteiger partial charge on any atom is -0.296 e. The van der Waals surface area contributed by atoms with E-state index in [4.69, 9.17) is 20.5 Å². The molecule has 1 aliphatic rings. The van der Waals surface area contributed by atoms with Crippen molar-refractivity contribution in [3.8, 4) is 11.8 Å². The molecule has 0 saturated carbocycles. The highest BCUT2D eigenvalue weighted by atomic mass is 32.2. The van der Waals surface area contributed by atoms with E-state index in [1.54, 1.807) is 16.8 Å². The van der Waals surface area contributed by atoms with Gasteiger partial charge in [-0.1, -0.05) is 30.3 Å². The molecule has 2 N–H and O–H groups in total. The molecule has 3 aromatic rings. The van der Waals surface area contributed by atoms with Gasteiger partial charge in [0.05, 0.1) is 23.2 Å². The number of benzene rings is 2. The van der Waals surface area contributed by atoms with Crippen molar-refractivity contribution in [1.29, 1.82) is 5.26 Å². The van der Waals surface area contributed by atoms with Gasteiger partial charge < -0.3 is 0 Å². The average molecular weight is 437 g/mol. The lowest BCUT2D eigenvalue weighted by Crippen LogP contribution is -2.33. The molecule has 1 saturated heterocycles. The largest absolute Gasteiger partial charge is 0.296 e. The molecule has 1 aromatic heterocycles. The zero-order valence-electron chi connectivity index (χ0n) is 17.1. The van der Waals surface area contributed by atoms with Crippen LogP contribution >= 0.6 is 0 Å². The Morgan fingerprint density at radius 1 is 1.06 bits per heavy atom. The summed E-state index contributed by atoms with van der Waals surface area (Å²) in [6, 6.07) is 18.7. The van der Waals surface area contributed by atoms with E-state index < -0.39 is 10.0 Å². The molecular formula is C22H24N6O2S. The number of piperidine rings is 1. The number of nitrogens with two attached hydrogens (primary N) is 1. The first-order valence-corrected chi connectivity index (χ1v) is 11.7. The van der Waals surface area contributed by atoms with Crippen molar-refractivity contribution in [2.45, 2.75) is 30.7 Å². The third kappa shape index (κ3) is 5.17. The number of rotatable bonds is 6.